The first-order chi connectivity index (χ1) is 12.0. The van der Waals surface area contributed by atoms with Crippen LogP contribution in [0.4, 0.5) is 5.69 Å². The van der Waals surface area contributed by atoms with Crippen LogP contribution in [0.2, 0.25) is 5.02 Å². The minimum atomic E-state index is -0.445. The third-order valence-corrected chi connectivity index (χ3v) is 3.98. The second-order valence-electron chi connectivity index (χ2n) is 5.17. The molecule has 2 rings (SSSR count). The minimum Gasteiger partial charge on any atom is -0.493 e. The van der Waals surface area contributed by atoms with Crippen LogP contribution in [0.5, 0.6) is 17.2 Å². The highest BCUT2D eigenvalue weighted by Gasteiger charge is 2.13. The Morgan fingerprint density at radius 1 is 1.04 bits per heavy atom. The van der Waals surface area contributed by atoms with Gasteiger partial charge in [0.1, 0.15) is 0 Å². The quantitative estimate of drug-likeness (QED) is 0.568. The van der Waals surface area contributed by atoms with E-state index in [0.717, 1.165) is 5.56 Å². The van der Waals surface area contributed by atoms with Crippen LogP contribution >= 0.6 is 11.6 Å². The number of nitro benzene ring substituents is 1. The van der Waals surface area contributed by atoms with Crippen molar-refractivity contribution in [3.63, 3.8) is 0 Å². The Morgan fingerprint density at radius 3 is 2.20 bits per heavy atom. The predicted octanol–water partition coefficient (Wildman–Crippen LogP) is 3.56. The Hall–Kier alpha value is -2.51. The molecule has 0 radical (unpaired) electrons. The molecule has 0 atom stereocenters. The standard InChI is InChI=1S/C17H19ClN2O5/c1-23-15-6-11(7-16(24-2)17(15)25-3)9-19-10-12-8-13(20(21)22)4-5-14(12)18/h4-8,19H,9-10H2,1-3H3. The molecule has 0 amide bonds. The summed E-state index contributed by atoms with van der Waals surface area (Å²) in [7, 11) is 4.65. The third-order valence-electron chi connectivity index (χ3n) is 3.61. The number of nitrogens with one attached hydrogen (secondary N) is 1. The Morgan fingerprint density at radius 2 is 1.68 bits per heavy atom. The lowest BCUT2D eigenvalue weighted by atomic mass is 10.1. The molecular weight excluding hydrogens is 348 g/mol. The fraction of sp³-hybridized carbons (Fsp3) is 0.294. The number of halogens is 1. The Bertz CT molecular complexity index is 742. The molecule has 0 unspecified atom stereocenters. The lowest BCUT2D eigenvalue weighted by molar-refractivity contribution is -0.384. The summed E-state index contributed by atoms with van der Waals surface area (Å²) < 4.78 is 15.9. The normalized spacial score (nSPS) is 10.4. The molecule has 7 nitrogen and oxygen atoms in total. The topological polar surface area (TPSA) is 82.9 Å². The molecule has 0 bridgehead atoms. The van der Waals surface area contributed by atoms with E-state index in [1.54, 1.807) is 21.3 Å². The second kappa shape index (κ2) is 8.55. The van der Waals surface area contributed by atoms with Gasteiger partial charge in [-0.1, -0.05) is 11.6 Å². The van der Waals surface area contributed by atoms with Gasteiger partial charge in [0.05, 0.1) is 26.3 Å². The van der Waals surface area contributed by atoms with Crippen molar-refractivity contribution < 1.29 is 19.1 Å². The average Bonchev–Trinajstić information content (AvgIpc) is 2.62. The summed E-state index contributed by atoms with van der Waals surface area (Å²) in [5.41, 5.74) is 1.58. The summed E-state index contributed by atoms with van der Waals surface area (Å²) in [5, 5.41) is 14.5. The van der Waals surface area contributed by atoms with E-state index in [4.69, 9.17) is 25.8 Å². The molecule has 0 aliphatic carbocycles. The zero-order chi connectivity index (χ0) is 18.4. The zero-order valence-corrected chi connectivity index (χ0v) is 14.9. The highest BCUT2D eigenvalue weighted by Crippen LogP contribution is 2.38. The molecule has 1 N–H and O–H groups in total. The van der Waals surface area contributed by atoms with Gasteiger partial charge in [-0.2, -0.15) is 0 Å². The average molecular weight is 367 g/mol. The van der Waals surface area contributed by atoms with Gasteiger partial charge in [0.25, 0.3) is 5.69 Å². The van der Waals surface area contributed by atoms with Crippen LogP contribution in [0.25, 0.3) is 0 Å². The van der Waals surface area contributed by atoms with Crippen molar-refractivity contribution in [2.24, 2.45) is 0 Å². The number of hydrogen-bond acceptors (Lipinski definition) is 6. The van der Waals surface area contributed by atoms with Gasteiger partial charge in [-0.25, -0.2) is 0 Å². The van der Waals surface area contributed by atoms with Gasteiger partial charge < -0.3 is 19.5 Å². The molecule has 2 aromatic carbocycles. The highest BCUT2D eigenvalue weighted by atomic mass is 35.5. The van der Waals surface area contributed by atoms with Crippen molar-refractivity contribution in [1.29, 1.82) is 0 Å². The SMILES string of the molecule is COc1cc(CNCc2cc([N+](=O)[O-])ccc2Cl)cc(OC)c1OC. The van der Waals surface area contributed by atoms with Crippen LogP contribution in [0.15, 0.2) is 30.3 Å². The van der Waals surface area contributed by atoms with Crippen molar-refractivity contribution in [3.05, 3.63) is 56.6 Å². The molecule has 8 heteroatoms. The van der Waals surface area contributed by atoms with Gasteiger partial charge in [-0.05, 0) is 29.3 Å². The molecule has 0 aromatic heterocycles. The minimum absolute atomic E-state index is 0.00832. The number of methoxy groups -OCH3 is 3. The lowest BCUT2D eigenvalue weighted by Crippen LogP contribution is -2.13. The van der Waals surface area contributed by atoms with E-state index < -0.39 is 4.92 Å². The molecule has 0 aliphatic heterocycles. The van der Waals surface area contributed by atoms with Gasteiger partial charge >= 0.3 is 0 Å². The van der Waals surface area contributed by atoms with Crippen LogP contribution in [0, 0.1) is 10.1 Å². The molecular formula is C17H19ClN2O5. The number of hydrogen-bond donors (Lipinski definition) is 1. The summed E-state index contributed by atoms with van der Waals surface area (Å²) in [6.45, 7) is 0.882. The summed E-state index contributed by atoms with van der Waals surface area (Å²) >= 11 is 6.10. The van der Waals surface area contributed by atoms with Gasteiger partial charge in [0, 0.05) is 30.2 Å². The summed E-state index contributed by atoms with van der Waals surface area (Å²) in [6.07, 6.45) is 0. The van der Waals surface area contributed by atoms with Crippen LogP contribution < -0.4 is 19.5 Å². The van der Waals surface area contributed by atoms with Gasteiger partial charge in [-0.3, -0.25) is 10.1 Å². The smallest absolute Gasteiger partial charge is 0.269 e. The number of ether oxygens (including phenoxy) is 3. The van der Waals surface area contributed by atoms with Crippen LogP contribution in [-0.4, -0.2) is 26.3 Å². The molecule has 0 saturated heterocycles. The molecule has 0 aliphatic rings. The molecule has 2 aromatic rings. The molecule has 25 heavy (non-hydrogen) atoms. The fourth-order valence-corrected chi connectivity index (χ4v) is 2.57. The summed E-state index contributed by atoms with van der Waals surface area (Å²) in [4.78, 5) is 10.4. The lowest BCUT2D eigenvalue weighted by Gasteiger charge is -2.14. The van der Waals surface area contributed by atoms with Gasteiger partial charge in [0.2, 0.25) is 5.75 Å². The molecule has 0 fully saturated rings. The summed E-state index contributed by atoms with van der Waals surface area (Å²) in [6, 6.07) is 8.04. The fourth-order valence-electron chi connectivity index (χ4n) is 2.39. The van der Waals surface area contributed by atoms with Gasteiger partial charge in [-0.15, -0.1) is 0 Å². The zero-order valence-electron chi connectivity index (χ0n) is 14.2. The number of nitro groups is 1. The monoisotopic (exact) mass is 366 g/mol. The number of rotatable bonds is 8. The van der Waals surface area contributed by atoms with E-state index in [9.17, 15) is 10.1 Å². The maximum Gasteiger partial charge on any atom is 0.269 e. The molecule has 134 valence electrons. The van der Waals surface area contributed by atoms with E-state index in [1.807, 2.05) is 12.1 Å². The van der Waals surface area contributed by atoms with Gasteiger partial charge in [0.15, 0.2) is 11.5 Å². The first-order valence-electron chi connectivity index (χ1n) is 7.42. The van der Waals surface area contributed by atoms with E-state index in [0.29, 0.717) is 40.9 Å². The van der Waals surface area contributed by atoms with Crippen molar-refractivity contribution >= 4 is 17.3 Å². The summed E-state index contributed by atoms with van der Waals surface area (Å²) in [5.74, 6) is 1.65. The Kier molecular flexibility index (Phi) is 6.44. The first-order valence-corrected chi connectivity index (χ1v) is 7.80. The predicted molar refractivity (Wildman–Crippen MR) is 94.7 cm³/mol. The maximum absolute atomic E-state index is 10.9. The van der Waals surface area contributed by atoms with Crippen LogP contribution in [0.3, 0.4) is 0 Å². The van der Waals surface area contributed by atoms with E-state index >= 15 is 0 Å². The van der Waals surface area contributed by atoms with Crippen molar-refractivity contribution in [2.45, 2.75) is 13.1 Å². The Balaban J connectivity index is 2.12. The van der Waals surface area contributed by atoms with Crippen LogP contribution in [-0.2, 0) is 13.1 Å². The first kappa shape index (κ1) is 18.8. The van der Waals surface area contributed by atoms with E-state index in [1.165, 1.54) is 18.2 Å². The van der Waals surface area contributed by atoms with Crippen molar-refractivity contribution in [1.82, 2.24) is 5.32 Å². The Labute approximate surface area is 150 Å². The third kappa shape index (κ3) is 4.52. The number of benzene rings is 2. The number of non-ortho nitro benzene ring substituents is 1. The second-order valence-corrected chi connectivity index (χ2v) is 5.58. The van der Waals surface area contributed by atoms with Crippen LogP contribution in [0.1, 0.15) is 11.1 Å². The number of nitrogens with zero attached hydrogens (tertiary/aromatic N) is 1. The van der Waals surface area contributed by atoms with Crippen molar-refractivity contribution in [2.75, 3.05) is 21.3 Å². The van der Waals surface area contributed by atoms with Crippen molar-refractivity contribution in [3.8, 4) is 17.2 Å². The van der Waals surface area contributed by atoms with E-state index in [-0.39, 0.29) is 5.69 Å². The maximum atomic E-state index is 10.9. The molecule has 0 heterocycles. The largest absolute Gasteiger partial charge is 0.493 e. The molecule has 0 spiro atoms. The molecule has 0 saturated carbocycles. The van der Waals surface area contributed by atoms with E-state index in [2.05, 4.69) is 5.32 Å². The highest BCUT2D eigenvalue weighted by molar-refractivity contribution is 6.31.